The molecule has 1 aromatic carbocycles. The fourth-order valence-corrected chi connectivity index (χ4v) is 1.45. The van der Waals surface area contributed by atoms with Gasteiger partial charge in [0.2, 0.25) is 0 Å². The highest BCUT2D eigenvalue weighted by molar-refractivity contribution is 5.73. The van der Waals surface area contributed by atoms with E-state index in [1.165, 1.54) is 0 Å². The number of rotatable bonds is 4. The lowest BCUT2D eigenvalue weighted by Crippen LogP contribution is -2.06. The Morgan fingerprint density at radius 2 is 2.14 bits per heavy atom. The number of carboxylic acids is 1. The van der Waals surface area contributed by atoms with Crippen LogP contribution in [0.25, 0.3) is 0 Å². The van der Waals surface area contributed by atoms with E-state index in [9.17, 15) is 4.79 Å². The van der Waals surface area contributed by atoms with Gasteiger partial charge >= 0.3 is 5.97 Å². The summed E-state index contributed by atoms with van der Waals surface area (Å²) >= 11 is 0. The lowest BCUT2D eigenvalue weighted by molar-refractivity contribution is -0.138. The van der Waals surface area contributed by atoms with E-state index >= 15 is 0 Å². The van der Waals surface area contributed by atoms with Gasteiger partial charge < -0.3 is 9.84 Å². The molecule has 0 unspecified atom stereocenters. The lowest BCUT2D eigenvalue weighted by Gasteiger charge is -2.03. The molecule has 1 N–H and O–H groups in total. The van der Waals surface area contributed by atoms with Gasteiger partial charge in [-0.1, -0.05) is 18.2 Å². The minimum absolute atomic E-state index is 0.182. The molecule has 1 aliphatic carbocycles. The predicted molar refractivity (Wildman–Crippen MR) is 51.2 cm³/mol. The summed E-state index contributed by atoms with van der Waals surface area (Å²) in [4.78, 5) is 10.5. The van der Waals surface area contributed by atoms with Gasteiger partial charge in [-0.2, -0.15) is 0 Å². The second kappa shape index (κ2) is 3.70. The second-order valence-electron chi connectivity index (χ2n) is 3.56. The van der Waals surface area contributed by atoms with Crippen molar-refractivity contribution in [1.29, 1.82) is 0 Å². The zero-order valence-electron chi connectivity index (χ0n) is 7.72. The van der Waals surface area contributed by atoms with Crippen molar-refractivity contribution in [2.75, 3.05) is 6.61 Å². The molecule has 1 fully saturated rings. The number of carbonyl (C=O) groups is 1. The lowest BCUT2D eigenvalue weighted by atomic mass is 10.3. The van der Waals surface area contributed by atoms with Crippen LogP contribution in [0.1, 0.15) is 6.42 Å². The van der Waals surface area contributed by atoms with Crippen LogP contribution < -0.4 is 4.74 Å². The molecule has 1 aromatic rings. The average Bonchev–Trinajstić information content (AvgIpc) is 2.96. The van der Waals surface area contributed by atoms with Crippen LogP contribution in [0.2, 0.25) is 0 Å². The monoisotopic (exact) mass is 192 g/mol. The van der Waals surface area contributed by atoms with Gasteiger partial charge in [-0.3, -0.25) is 4.79 Å². The zero-order chi connectivity index (χ0) is 9.97. The topological polar surface area (TPSA) is 46.5 Å². The third-order valence-corrected chi connectivity index (χ3v) is 2.45. The zero-order valence-corrected chi connectivity index (χ0v) is 7.72. The van der Waals surface area contributed by atoms with E-state index in [2.05, 4.69) is 0 Å². The first-order valence-corrected chi connectivity index (χ1v) is 4.68. The van der Waals surface area contributed by atoms with Crippen LogP contribution in [0.5, 0.6) is 5.75 Å². The Hall–Kier alpha value is -1.51. The Labute approximate surface area is 82.3 Å². The Kier molecular flexibility index (Phi) is 2.39. The van der Waals surface area contributed by atoms with E-state index in [0.717, 1.165) is 12.2 Å². The van der Waals surface area contributed by atoms with Crippen LogP contribution in [0.4, 0.5) is 0 Å². The molecule has 74 valence electrons. The van der Waals surface area contributed by atoms with Gasteiger partial charge in [0.25, 0.3) is 0 Å². The molecule has 0 aliphatic heterocycles. The highest BCUT2D eigenvalue weighted by Gasteiger charge is 2.43. The first kappa shape index (κ1) is 9.06. The number of hydrogen-bond acceptors (Lipinski definition) is 2. The number of hydrogen-bond donors (Lipinski definition) is 1. The van der Waals surface area contributed by atoms with Gasteiger partial charge in [0, 0.05) is 5.92 Å². The van der Waals surface area contributed by atoms with Crippen molar-refractivity contribution in [1.82, 2.24) is 0 Å². The van der Waals surface area contributed by atoms with Crippen LogP contribution in [0, 0.1) is 11.8 Å². The summed E-state index contributed by atoms with van der Waals surface area (Å²) in [6.07, 6.45) is 0.752. The van der Waals surface area contributed by atoms with Gasteiger partial charge in [-0.15, -0.1) is 0 Å². The van der Waals surface area contributed by atoms with Crippen LogP contribution in [-0.4, -0.2) is 17.7 Å². The number of carboxylic acid groups (broad SMARTS) is 1. The normalized spacial score (nSPS) is 24.3. The molecule has 2 atom stereocenters. The maximum absolute atomic E-state index is 10.5. The Bertz CT molecular complexity index is 321. The highest BCUT2D eigenvalue weighted by Crippen LogP contribution is 2.38. The first-order valence-electron chi connectivity index (χ1n) is 4.68. The quantitative estimate of drug-likeness (QED) is 0.791. The maximum atomic E-state index is 10.5. The van der Waals surface area contributed by atoms with Gasteiger partial charge in [0.1, 0.15) is 5.75 Å². The summed E-state index contributed by atoms with van der Waals surface area (Å²) in [5, 5.41) is 8.67. The third kappa shape index (κ3) is 2.05. The van der Waals surface area contributed by atoms with Crippen LogP contribution in [0.3, 0.4) is 0 Å². The summed E-state index contributed by atoms with van der Waals surface area (Å²) in [6, 6.07) is 9.47. The smallest absolute Gasteiger partial charge is 0.306 e. The minimum Gasteiger partial charge on any atom is -0.493 e. The Morgan fingerprint density at radius 1 is 1.43 bits per heavy atom. The average molecular weight is 192 g/mol. The van der Waals surface area contributed by atoms with Gasteiger partial charge in [0.05, 0.1) is 12.5 Å². The molecular formula is C11H12O3. The summed E-state index contributed by atoms with van der Waals surface area (Å²) in [5.74, 6) is 0.126. The largest absolute Gasteiger partial charge is 0.493 e. The standard InChI is InChI=1S/C11H12O3/c12-11(13)10-6-8(10)7-14-9-4-2-1-3-5-9/h1-5,8,10H,6-7H2,(H,12,13)/t8-,10-/m0/s1. The predicted octanol–water partition coefficient (Wildman–Crippen LogP) is 1.79. The number of benzene rings is 1. The van der Waals surface area contributed by atoms with Crippen molar-refractivity contribution in [2.45, 2.75) is 6.42 Å². The fraction of sp³-hybridized carbons (Fsp3) is 0.364. The van der Waals surface area contributed by atoms with Crippen molar-refractivity contribution in [3.63, 3.8) is 0 Å². The van der Waals surface area contributed by atoms with Crippen LogP contribution in [0.15, 0.2) is 30.3 Å². The molecule has 0 aromatic heterocycles. The molecule has 0 saturated heterocycles. The molecular weight excluding hydrogens is 180 g/mol. The number of ether oxygens (including phenoxy) is 1. The van der Waals surface area contributed by atoms with E-state index in [1.54, 1.807) is 0 Å². The van der Waals surface area contributed by atoms with Crippen molar-refractivity contribution < 1.29 is 14.6 Å². The first-order chi connectivity index (χ1) is 6.77. The van der Waals surface area contributed by atoms with E-state index < -0.39 is 5.97 Å². The third-order valence-electron chi connectivity index (χ3n) is 2.45. The van der Waals surface area contributed by atoms with Crippen LogP contribution in [-0.2, 0) is 4.79 Å². The van der Waals surface area contributed by atoms with E-state index in [4.69, 9.17) is 9.84 Å². The van der Waals surface area contributed by atoms with Crippen LogP contribution >= 0.6 is 0 Å². The van der Waals surface area contributed by atoms with Crippen molar-refractivity contribution in [3.8, 4) is 5.75 Å². The van der Waals surface area contributed by atoms with Gasteiger partial charge in [-0.05, 0) is 18.6 Å². The van der Waals surface area contributed by atoms with E-state index in [1.807, 2.05) is 30.3 Å². The van der Waals surface area contributed by atoms with Gasteiger partial charge in [-0.25, -0.2) is 0 Å². The summed E-state index contributed by atoms with van der Waals surface area (Å²) in [6.45, 7) is 0.515. The van der Waals surface area contributed by atoms with Gasteiger partial charge in [0.15, 0.2) is 0 Å². The molecule has 1 aliphatic rings. The van der Waals surface area contributed by atoms with E-state index in [0.29, 0.717) is 6.61 Å². The molecule has 3 heteroatoms. The highest BCUT2D eigenvalue weighted by atomic mass is 16.5. The summed E-state index contributed by atoms with van der Waals surface area (Å²) in [5.41, 5.74) is 0. The number of aliphatic carboxylic acids is 1. The maximum Gasteiger partial charge on any atom is 0.306 e. The fourth-order valence-electron chi connectivity index (χ4n) is 1.45. The Balaban J connectivity index is 1.77. The van der Waals surface area contributed by atoms with Crippen molar-refractivity contribution >= 4 is 5.97 Å². The molecule has 0 bridgehead atoms. The molecule has 1 saturated carbocycles. The minimum atomic E-state index is -0.702. The molecule has 2 rings (SSSR count). The SMILES string of the molecule is O=C(O)[C@H]1C[C@H]1COc1ccccc1. The molecule has 0 heterocycles. The summed E-state index contributed by atoms with van der Waals surface area (Å²) < 4.78 is 5.45. The summed E-state index contributed by atoms with van der Waals surface area (Å²) in [7, 11) is 0. The van der Waals surface area contributed by atoms with E-state index in [-0.39, 0.29) is 11.8 Å². The molecule has 3 nitrogen and oxygen atoms in total. The number of para-hydroxylation sites is 1. The molecule has 0 spiro atoms. The second-order valence-corrected chi connectivity index (χ2v) is 3.56. The molecule has 0 amide bonds. The Morgan fingerprint density at radius 3 is 2.71 bits per heavy atom. The molecule has 0 radical (unpaired) electrons. The molecule has 14 heavy (non-hydrogen) atoms. The van der Waals surface area contributed by atoms with Crippen molar-refractivity contribution in [2.24, 2.45) is 11.8 Å². The van der Waals surface area contributed by atoms with Crippen molar-refractivity contribution in [3.05, 3.63) is 30.3 Å².